The molecule has 156 valence electrons. The van der Waals surface area contributed by atoms with Gasteiger partial charge in [-0.1, -0.05) is 0 Å². The topological polar surface area (TPSA) is 125 Å². The zero-order valence-corrected chi connectivity index (χ0v) is 16.4. The number of amides is 4. The molecule has 0 aliphatic carbocycles. The monoisotopic (exact) mass is 405 g/mol. The fourth-order valence-electron chi connectivity index (χ4n) is 3.30. The summed E-state index contributed by atoms with van der Waals surface area (Å²) in [5, 5.41) is 5.80. The Kier molecular flexibility index (Phi) is 7.91. The van der Waals surface area contributed by atoms with Gasteiger partial charge in [-0.3, -0.25) is 24.1 Å². The van der Waals surface area contributed by atoms with Crippen molar-refractivity contribution >= 4 is 29.6 Å². The van der Waals surface area contributed by atoms with Crippen molar-refractivity contribution in [2.24, 2.45) is 0 Å². The van der Waals surface area contributed by atoms with Crippen molar-refractivity contribution in [3.05, 3.63) is 0 Å². The average molecular weight is 405 g/mol. The quantitative estimate of drug-likeness (QED) is 0.300. The van der Waals surface area contributed by atoms with Crippen LogP contribution in [-0.4, -0.2) is 71.3 Å². The maximum atomic E-state index is 12.3. The Morgan fingerprint density at radius 1 is 1.07 bits per heavy atom. The summed E-state index contributed by atoms with van der Waals surface area (Å²) in [5.41, 5.74) is 0. The van der Waals surface area contributed by atoms with Crippen molar-refractivity contribution in [1.82, 2.24) is 20.6 Å². The molecule has 2 aliphatic heterocycles. The second-order valence-corrected chi connectivity index (χ2v) is 7.18. The summed E-state index contributed by atoms with van der Waals surface area (Å²) in [6.45, 7) is 5.25. The molecule has 2 heterocycles. The van der Waals surface area contributed by atoms with Crippen molar-refractivity contribution in [1.29, 1.82) is 0 Å². The van der Waals surface area contributed by atoms with Crippen LogP contribution < -0.4 is 10.6 Å². The fraction of sp³-hybridized carbons (Fsp3) is 0.722. The number of hydrogen-bond acceptors (Lipinski definition) is 7. The molecular weight excluding hydrogens is 377 g/mol. The van der Waals surface area contributed by atoms with E-state index in [1.807, 2.05) is 0 Å². The van der Waals surface area contributed by atoms with Crippen LogP contribution in [0.15, 0.2) is 0 Å². The minimum Gasteiger partial charge on any atom is -0.355 e. The van der Waals surface area contributed by atoms with Gasteiger partial charge in [-0.25, -0.2) is 4.79 Å². The second kappa shape index (κ2) is 10.2. The van der Waals surface area contributed by atoms with E-state index < -0.39 is 17.8 Å². The van der Waals surface area contributed by atoms with E-state index in [-0.39, 0.29) is 56.6 Å². The zero-order valence-electron chi connectivity index (χ0n) is 16.4. The standard InChI is InChI=1S/C18H28N4O6/c1-12(2)21-11-3-4-13(21)18(27)20-9-7-14(23)19-10-8-17(26)28-22-15(24)5-6-16(22)25/h12-13H,3-11H2,1-2H3,(H,19,23)(H,20,27)/i3+1,4+1,11+1,12+1,13+1,14+1,17+1,19+1,20+1. The third-order valence-corrected chi connectivity index (χ3v) is 4.76. The lowest BCUT2D eigenvalue weighted by atomic mass is 10.4. The van der Waals surface area contributed by atoms with Crippen LogP contribution in [0.4, 0.5) is 0 Å². The van der Waals surface area contributed by atoms with Crippen molar-refractivity contribution in [3.8, 4) is 0 Å². The summed E-state index contributed by atoms with van der Waals surface area (Å²) in [6.07, 6.45) is 1.80. The lowest BCUT2D eigenvalue weighted by Gasteiger charge is -2.27. The smallest absolute Gasteiger partial charge is 0.334 e. The molecule has 10 nitrogen and oxygen atoms in total. The highest BCUT2D eigenvalue weighted by molar-refractivity contribution is 6.01. The molecule has 0 aromatic heterocycles. The van der Waals surface area contributed by atoms with Gasteiger partial charge in [0, 0.05) is 38.4 Å². The SMILES string of the molecule is C[13CH](C)N1[13CH2][13CH2][13CH2][13CH]1C(=O)[15NH]CC[13C](=O)[15NH]CC[13C](=O)ON1C(=O)CCC1=O. The van der Waals surface area contributed by atoms with Crippen LogP contribution >= 0.6 is 0 Å². The molecule has 0 aromatic rings. The first kappa shape index (κ1) is 21.8. The van der Waals surface area contributed by atoms with Crippen LogP contribution in [0.3, 0.4) is 0 Å². The molecule has 0 saturated carbocycles. The van der Waals surface area contributed by atoms with Gasteiger partial charge in [-0.2, -0.15) is 0 Å². The van der Waals surface area contributed by atoms with Gasteiger partial charge in [0.05, 0.1) is 12.5 Å². The number of nitrogens with one attached hydrogen (secondary N) is 2. The highest BCUT2D eigenvalue weighted by atomic mass is 16.8. The number of hydroxylamine groups is 2. The summed E-state index contributed by atoms with van der Waals surface area (Å²) in [6, 6.07) is 0.154. The fourth-order valence-corrected chi connectivity index (χ4v) is 3.30. The Morgan fingerprint density at radius 2 is 1.71 bits per heavy atom. The summed E-state index contributed by atoms with van der Waals surface area (Å²) < 4.78 is 0. The van der Waals surface area contributed by atoms with Crippen LogP contribution in [-0.2, 0) is 28.8 Å². The third kappa shape index (κ3) is 6.01. The molecule has 10 heteroatoms. The van der Waals surface area contributed by atoms with E-state index in [9.17, 15) is 24.0 Å². The molecule has 1 unspecified atom stereocenters. The summed E-state index contributed by atoms with van der Waals surface area (Å²) in [5.74, 6) is -2.24. The molecule has 28 heavy (non-hydrogen) atoms. The zero-order chi connectivity index (χ0) is 20.7. The van der Waals surface area contributed by atoms with E-state index in [4.69, 9.17) is 4.84 Å². The summed E-state index contributed by atoms with van der Waals surface area (Å²) >= 11 is 0. The van der Waals surface area contributed by atoms with Gasteiger partial charge in [0.1, 0.15) is 0 Å². The van der Waals surface area contributed by atoms with E-state index in [0.717, 1.165) is 19.4 Å². The largest absolute Gasteiger partial charge is 0.355 e. The van der Waals surface area contributed by atoms with Gasteiger partial charge in [-0.05, 0) is 33.2 Å². The molecular formula is C18H28N4O6. The number of carbonyl (C=O) groups is 5. The molecule has 1 atom stereocenters. The Morgan fingerprint density at radius 3 is 2.36 bits per heavy atom. The van der Waals surface area contributed by atoms with Gasteiger partial charge >= 0.3 is 5.97 Å². The summed E-state index contributed by atoms with van der Waals surface area (Å²) in [7, 11) is 0. The summed E-state index contributed by atoms with van der Waals surface area (Å²) in [4.78, 5) is 65.2. The minimum atomic E-state index is -0.771. The van der Waals surface area contributed by atoms with Crippen molar-refractivity contribution < 1.29 is 28.8 Å². The van der Waals surface area contributed by atoms with E-state index in [1.54, 1.807) is 0 Å². The van der Waals surface area contributed by atoms with Crippen LogP contribution in [0.1, 0.15) is 52.4 Å². The molecule has 0 spiro atoms. The van der Waals surface area contributed by atoms with Crippen molar-refractivity contribution in [3.63, 3.8) is 0 Å². The van der Waals surface area contributed by atoms with E-state index in [0.29, 0.717) is 11.1 Å². The first-order valence-corrected chi connectivity index (χ1v) is 9.66. The van der Waals surface area contributed by atoms with Crippen LogP contribution in [0.2, 0.25) is 0 Å². The highest BCUT2D eigenvalue weighted by Crippen LogP contribution is 2.19. The van der Waals surface area contributed by atoms with Crippen molar-refractivity contribution in [2.75, 3.05) is 19.6 Å². The number of imide groups is 1. The first-order valence-electron chi connectivity index (χ1n) is 9.66. The minimum absolute atomic E-state index is 0.0194. The van der Waals surface area contributed by atoms with Crippen LogP contribution in [0.5, 0.6) is 0 Å². The van der Waals surface area contributed by atoms with E-state index in [2.05, 4.69) is 29.4 Å². The molecule has 2 saturated heterocycles. The second-order valence-electron chi connectivity index (χ2n) is 7.18. The Bertz CT molecular complexity index is 620. The first-order chi connectivity index (χ1) is 13.3. The number of rotatable bonds is 9. The number of hydrogen-bond donors (Lipinski definition) is 2. The number of carbonyl (C=O) groups excluding carboxylic acids is 5. The maximum Gasteiger partial charge on any atom is 0.334 e. The Balaban J connectivity index is 1.58. The molecule has 2 aliphatic rings. The highest BCUT2D eigenvalue weighted by Gasteiger charge is 2.33. The third-order valence-electron chi connectivity index (χ3n) is 4.76. The molecule has 4 amide bonds. The lowest BCUT2D eigenvalue weighted by molar-refractivity contribution is -0.197. The Hall–Kier alpha value is -2.49. The molecule has 0 radical (unpaired) electrons. The van der Waals surface area contributed by atoms with Gasteiger partial charge in [0.25, 0.3) is 11.8 Å². The maximum absolute atomic E-state index is 12.3. The number of nitrogens with zero attached hydrogens (tertiary/aromatic N) is 2. The predicted octanol–water partition coefficient (Wildman–Crippen LogP) is -0.521. The predicted molar refractivity (Wildman–Crippen MR) is 97.3 cm³/mol. The van der Waals surface area contributed by atoms with Gasteiger partial charge in [0.2, 0.25) is 11.8 Å². The van der Waals surface area contributed by atoms with Gasteiger partial charge < -0.3 is 15.5 Å². The Labute approximate surface area is 163 Å². The van der Waals surface area contributed by atoms with Gasteiger partial charge in [0.15, 0.2) is 0 Å². The van der Waals surface area contributed by atoms with Crippen molar-refractivity contribution in [2.45, 2.75) is 64.5 Å². The normalized spacial score (nSPS) is 20.0. The lowest BCUT2D eigenvalue weighted by Crippen LogP contribution is -2.46. The number of likely N-dealkylation sites (tertiary alicyclic amines) is 1. The molecule has 2 N–H and O–H groups in total. The van der Waals surface area contributed by atoms with Crippen LogP contribution in [0.25, 0.3) is 0 Å². The van der Waals surface area contributed by atoms with E-state index in [1.165, 1.54) is 0 Å². The molecule has 0 bridgehead atoms. The molecule has 2 rings (SSSR count). The van der Waals surface area contributed by atoms with Gasteiger partial charge in [-0.15, -0.1) is 5.06 Å². The average Bonchev–Trinajstić information content (AvgIpc) is 3.24. The molecule has 2 fully saturated rings. The molecule has 0 aromatic carbocycles. The van der Waals surface area contributed by atoms with Crippen LogP contribution in [0, 0.1) is 0 Å². The van der Waals surface area contributed by atoms with E-state index >= 15 is 0 Å².